The zero-order valence-corrected chi connectivity index (χ0v) is 19.8. The number of carbonyl (C=O) groups excluding carboxylic acids is 1. The van der Waals surface area contributed by atoms with Crippen LogP contribution in [-0.4, -0.2) is 29.9 Å². The first kappa shape index (κ1) is 24.8. The maximum absolute atomic E-state index is 14.3. The maximum Gasteiger partial charge on any atom is 0.423 e. The number of aryl methyl sites for hydroxylation is 1. The minimum absolute atomic E-state index is 0.0865. The molecule has 0 amide bonds. The van der Waals surface area contributed by atoms with Crippen molar-refractivity contribution in [1.82, 2.24) is 5.06 Å². The summed E-state index contributed by atoms with van der Waals surface area (Å²) in [5.41, 5.74) is -1.91. The summed E-state index contributed by atoms with van der Waals surface area (Å²) in [6.07, 6.45) is -5.13. The Morgan fingerprint density at radius 2 is 1.72 bits per heavy atom. The molecule has 9 heteroatoms. The van der Waals surface area contributed by atoms with E-state index in [1.165, 1.54) is 30.3 Å². The molecule has 174 valence electrons. The summed E-state index contributed by atoms with van der Waals surface area (Å²) < 4.78 is 48.4. The fraction of sp³-hybridized carbons (Fsp3) is 0.435. The molecule has 0 aliphatic carbocycles. The molecule has 0 aromatic heterocycles. The van der Waals surface area contributed by atoms with E-state index < -0.39 is 35.8 Å². The number of esters is 1. The third kappa shape index (κ3) is 4.91. The molecule has 2 aromatic rings. The number of hydroxylamine groups is 2. The Balaban J connectivity index is 1.98. The Morgan fingerprint density at radius 1 is 1.12 bits per heavy atom. The van der Waals surface area contributed by atoms with Crippen LogP contribution in [0.2, 0.25) is 10.0 Å². The molecule has 3 rings (SSSR count). The molecule has 0 spiro atoms. The molecule has 1 aliphatic heterocycles. The van der Waals surface area contributed by atoms with Gasteiger partial charge in [0.2, 0.25) is 5.60 Å². The number of carbonyl (C=O) groups is 1. The van der Waals surface area contributed by atoms with Gasteiger partial charge < -0.3 is 4.74 Å². The fourth-order valence-corrected chi connectivity index (χ4v) is 4.35. The van der Waals surface area contributed by atoms with E-state index in [0.29, 0.717) is 16.7 Å². The highest BCUT2D eigenvalue weighted by Crippen LogP contribution is 2.54. The number of nitrogens with zero attached hydrogens (tertiary/aromatic N) is 1. The number of alkyl halides is 3. The number of halogens is 5. The van der Waals surface area contributed by atoms with Crippen LogP contribution in [0.5, 0.6) is 0 Å². The second-order valence-corrected chi connectivity index (χ2v) is 9.79. The van der Waals surface area contributed by atoms with Crippen molar-refractivity contribution in [2.45, 2.75) is 57.5 Å². The molecule has 4 nitrogen and oxygen atoms in total. The zero-order chi connectivity index (χ0) is 24.1. The van der Waals surface area contributed by atoms with E-state index in [2.05, 4.69) is 0 Å². The van der Waals surface area contributed by atoms with Gasteiger partial charge in [-0.1, -0.05) is 35.3 Å². The van der Waals surface area contributed by atoms with Gasteiger partial charge in [0.25, 0.3) is 0 Å². The zero-order valence-electron chi connectivity index (χ0n) is 18.3. The van der Waals surface area contributed by atoms with Crippen LogP contribution in [0, 0.1) is 6.92 Å². The van der Waals surface area contributed by atoms with Gasteiger partial charge in [0.05, 0.1) is 11.6 Å². The second kappa shape index (κ2) is 8.52. The lowest BCUT2D eigenvalue weighted by molar-refractivity contribution is -0.322. The lowest BCUT2D eigenvalue weighted by Gasteiger charge is -2.31. The van der Waals surface area contributed by atoms with Crippen LogP contribution >= 0.6 is 23.2 Å². The van der Waals surface area contributed by atoms with E-state index >= 15 is 0 Å². The molecule has 32 heavy (non-hydrogen) atoms. The van der Waals surface area contributed by atoms with Gasteiger partial charge in [-0.15, -0.1) is 0 Å². The quantitative estimate of drug-likeness (QED) is 0.434. The standard InChI is InChI=1S/C23H24Cl2F3NO3/c1-13-8-14(6-7-18(13)20(30)31-21(2,3)4)19-12-22(23(26,27)28,32-29(19)5)15-9-16(24)11-17(25)10-15/h6-11,19H,12H2,1-5H3. The predicted octanol–water partition coefficient (Wildman–Crippen LogP) is 7.02. The van der Waals surface area contributed by atoms with E-state index in [4.69, 9.17) is 32.8 Å². The summed E-state index contributed by atoms with van der Waals surface area (Å²) >= 11 is 12.0. The van der Waals surface area contributed by atoms with E-state index in [-0.39, 0.29) is 15.6 Å². The van der Waals surface area contributed by atoms with Gasteiger partial charge in [0.1, 0.15) is 5.60 Å². The number of benzene rings is 2. The minimum atomic E-state index is -4.73. The van der Waals surface area contributed by atoms with E-state index in [1.807, 2.05) is 0 Å². The molecule has 2 unspecified atom stereocenters. The third-order valence-corrected chi connectivity index (χ3v) is 5.70. The van der Waals surface area contributed by atoms with Gasteiger partial charge in [-0.2, -0.15) is 18.2 Å². The van der Waals surface area contributed by atoms with Crippen LogP contribution in [0.3, 0.4) is 0 Å². The average Bonchev–Trinajstić information content (AvgIpc) is 2.98. The highest BCUT2D eigenvalue weighted by molar-refractivity contribution is 6.34. The molecular weight excluding hydrogens is 466 g/mol. The van der Waals surface area contributed by atoms with Crippen molar-refractivity contribution < 1.29 is 27.5 Å². The van der Waals surface area contributed by atoms with Crippen molar-refractivity contribution in [2.24, 2.45) is 0 Å². The number of hydrogen-bond donors (Lipinski definition) is 0. The van der Waals surface area contributed by atoms with Crippen molar-refractivity contribution in [3.63, 3.8) is 0 Å². The average molecular weight is 490 g/mol. The van der Waals surface area contributed by atoms with Gasteiger partial charge >= 0.3 is 12.1 Å². The molecule has 2 aromatic carbocycles. The number of rotatable bonds is 3. The van der Waals surface area contributed by atoms with Crippen molar-refractivity contribution in [1.29, 1.82) is 0 Å². The Labute approximate surface area is 195 Å². The molecule has 1 heterocycles. The normalized spacial score (nSPS) is 22.2. The molecule has 0 saturated carbocycles. The fourth-order valence-electron chi connectivity index (χ4n) is 3.82. The Kier molecular flexibility index (Phi) is 6.61. The largest absolute Gasteiger partial charge is 0.456 e. The summed E-state index contributed by atoms with van der Waals surface area (Å²) in [4.78, 5) is 17.9. The molecule has 2 atom stereocenters. The van der Waals surface area contributed by atoms with E-state index in [9.17, 15) is 18.0 Å². The van der Waals surface area contributed by atoms with Crippen molar-refractivity contribution in [2.75, 3.05) is 7.05 Å². The Morgan fingerprint density at radius 3 is 2.22 bits per heavy atom. The van der Waals surface area contributed by atoms with E-state index in [1.54, 1.807) is 45.9 Å². The summed E-state index contributed by atoms with van der Waals surface area (Å²) in [5.74, 6) is -0.490. The van der Waals surface area contributed by atoms with Gasteiger partial charge in [-0.05, 0) is 68.7 Å². The SMILES string of the molecule is Cc1cc(C2CC(c3cc(Cl)cc(Cl)c3)(C(F)(F)F)ON2C)ccc1C(=O)OC(C)(C)C. The van der Waals surface area contributed by atoms with Gasteiger partial charge in [0, 0.05) is 23.5 Å². The molecule has 1 saturated heterocycles. The van der Waals surface area contributed by atoms with Gasteiger partial charge in [-0.3, -0.25) is 4.84 Å². The lowest BCUT2D eigenvalue weighted by atomic mass is 9.85. The highest BCUT2D eigenvalue weighted by atomic mass is 35.5. The maximum atomic E-state index is 14.3. The van der Waals surface area contributed by atoms with E-state index in [0.717, 1.165) is 0 Å². The predicted molar refractivity (Wildman–Crippen MR) is 117 cm³/mol. The summed E-state index contributed by atoms with van der Waals surface area (Å²) in [5, 5.41) is 1.36. The van der Waals surface area contributed by atoms with Crippen LogP contribution < -0.4 is 0 Å². The smallest absolute Gasteiger partial charge is 0.423 e. The van der Waals surface area contributed by atoms with Crippen LogP contribution in [0.1, 0.15) is 60.3 Å². The minimum Gasteiger partial charge on any atom is -0.456 e. The lowest BCUT2D eigenvalue weighted by Crippen LogP contribution is -2.42. The molecule has 0 radical (unpaired) electrons. The van der Waals surface area contributed by atoms with Gasteiger partial charge in [0.15, 0.2) is 0 Å². The molecular formula is C23H24Cl2F3NO3. The van der Waals surface area contributed by atoms with Crippen LogP contribution in [0.4, 0.5) is 13.2 Å². The van der Waals surface area contributed by atoms with Crippen LogP contribution in [0.15, 0.2) is 36.4 Å². The summed E-state index contributed by atoms with van der Waals surface area (Å²) in [7, 11) is 1.45. The summed E-state index contributed by atoms with van der Waals surface area (Å²) in [6, 6.07) is 7.94. The molecule has 1 fully saturated rings. The van der Waals surface area contributed by atoms with Crippen LogP contribution in [0.25, 0.3) is 0 Å². The highest BCUT2D eigenvalue weighted by Gasteiger charge is 2.63. The monoisotopic (exact) mass is 489 g/mol. The number of hydrogen-bond acceptors (Lipinski definition) is 4. The van der Waals surface area contributed by atoms with Gasteiger partial charge in [-0.25, -0.2) is 4.79 Å². The Hall–Kier alpha value is -1.80. The summed E-state index contributed by atoms with van der Waals surface area (Å²) in [6.45, 7) is 7.00. The first-order valence-electron chi connectivity index (χ1n) is 9.92. The first-order chi connectivity index (χ1) is 14.6. The topological polar surface area (TPSA) is 38.8 Å². The third-order valence-electron chi connectivity index (χ3n) is 5.26. The molecule has 0 N–H and O–H groups in total. The van der Waals surface area contributed by atoms with Crippen LogP contribution in [-0.2, 0) is 15.2 Å². The first-order valence-corrected chi connectivity index (χ1v) is 10.7. The van der Waals surface area contributed by atoms with Crippen molar-refractivity contribution in [3.8, 4) is 0 Å². The molecule has 1 aliphatic rings. The number of ether oxygens (including phenoxy) is 1. The Bertz CT molecular complexity index is 1020. The molecule has 0 bridgehead atoms. The van der Waals surface area contributed by atoms with Crippen molar-refractivity contribution in [3.05, 3.63) is 68.7 Å². The second-order valence-electron chi connectivity index (χ2n) is 8.92. The van der Waals surface area contributed by atoms with Crippen molar-refractivity contribution >= 4 is 29.2 Å².